The summed E-state index contributed by atoms with van der Waals surface area (Å²) in [6.07, 6.45) is 1.66. The first kappa shape index (κ1) is 14.5. The third kappa shape index (κ3) is 2.98. The molecule has 0 unspecified atom stereocenters. The molecule has 20 heavy (non-hydrogen) atoms. The highest BCUT2D eigenvalue weighted by atomic mass is 32.1. The minimum absolute atomic E-state index is 0.174. The van der Waals surface area contributed by atoms with Gasteiger partial charge in [0.2, 0.25) is 5.91 Å². The van der Waals surface area contributed by atoms with Crippen molar-refractivity contribution in [1.29, 1.82) is 0 Å². The third-order valence-corrected chi connectivity index (χ3v) is 2.96. The van der Waals surface area contributed by atoms with E-state index in [0.29, 0.717) is 17.1 Å². The molecule has 0 aliphatic rings. The number of carbonyl (C=O) groups is 1. The zero-order valence-electron chi connectivity index (χ0n) is 10.7. The van der Waals surface area contributed by atoms with Crippen LogP contribution in [0.2, 0.25) is 0 Å². The van der Waals surface area contributed by atoms with Crippen LogP contribution in [0.4, 0.5) is 14.5 Å². The van der Waals surface area contributed by atoms with Gasteiger partial charge in [0, 0.05) is 25.1 Å². The molecule has 1 aromatic carbocycles. The summed E-state index contributed by atoms with van der Waals surface area (Å²) in [5.41, 5.74) is 0.937. The molecule has 0 fully saturated rings. The van der Waals surface area contributed by atoms with Crippen molar-refractivity contribution in [1.82, 2.24) is 9.78 Å². The zero-order valence-corrected chi connectivity index (χ0v) is 11.6. The molecule has 0 aliphatic carbocycles. The van der Waals surface area contributed by atoms with Crippen LogP contribution in [-0.2, 0) is 11.8 Å². The largest absolute Gasteiger partial charge is 0.323 e. The smallest absolute Gasteiger partial charge is 0.225 e. The standard InChI is InChI=1S/C13H13F2N3OS/c1-18-13(9-3-2-8(14)6-10(9)15)11(7-16-18)17-12(19)4-5-20/h2-3,6-7,20H,4-5H2,1H3,(H,17,19). The van der Waals surface area contributed by atoms with Crippen molar-refractivity contribution in [3.63, 3.8) is 0 Å². The molecule has 1 heterocycles. The lowest BCUT2D eigenvalue weighted by atomic mass is 10.1. The number of nitrogens with zero attached hydrogens (tertiary/aromatic N) is 2. The van der Waals surface area contributed by atoms with Crippen LogP contribution in [0.1, 0.15) is 6.42 Å². The summed E-state index contributed by atoms with van der Waals surface area (Å²) in [5, 5.41) is 6.63. The average Bonchev–Trinajstić information content (AvgIpc) is 2.71. The summed E-state index contributed by atoms with van der Waals surface area (Å²) in [6, 6.07) is 3.27. The van der Waals surface area contributed by atoms with Gasteiger partial charge in [-0.05, 0) is 17.9 Å². The topological polar surface area (TPSA) is 46.9 Å². The molecular weight excluding hydrogens is 284 g/mol. The van der Waals surface area contributed by atoms with Crippen LogP contribution in [0.15, 0.2) is 24.4 Å². The number of halogens is 2. The van der Waals surface area contributed by atoms with Crippen LogP contribution >= 0.6 is 12.6 Å². The Morgan fingerprint density at radius 3 is 2.85 bits per heavy atom. The van der Waals surface area contributed by atoms with Crippen molar-refractivity contribution in [2.75, 3.05) is 11.1 Å². The highest BCUT2D eigenvalue weighted by Crippen LogP contribution is 2.30. The number of rotatable bonds is 4. The molecule has 0 aliphatic heterocycles. The molecule has 0 bridgehead atoms. The highest BCUT2D eigenvalue weighted by Gasteiger charge is 2.17. The predicted octanol–water partition coefficient (Wildman–Crippen LogP) is 2.62. The molecule has 7 heteroatoms. The Kier molecular flexibility index (Phi) is 4.39. The molecule has 2 aromatic rings. The normalized spacial score (nSPS) is 10.6. The fraction of sp³-hybridized carbons (Fsp3) is 0.231. The van der Waals surface area contributed by atoms with Gasteiger partial charge in [0.05, 0.1) is 17.6 Å². The molecule has 2 rings (SSSR count). The Balaban J connectivity index is 2.41. The van der Waals surface area contributed by atoms with Gasteiger partial charge in [-0.3, -0.25) is 9.48 Å². The van der Waals surface area contributed by atoms with Crippen molar-refractivity contribution in [2.45, 2.75) is 6.42 Å². The maximum absolute atomic E-state index is 13.9. The zero-order chi connectivity index (χ0) is 14.7. The summed E-state index contributed by atoms with van der Waals surface area (Å²) in [5.74, 6) is -1.20. The van der Waals surface area contributed by atoms with Crippen molar-refractivity contribution in [3.8, 4) is 11.3 Å². The number of hydrogen-bond donors (Lipinski definition) is 2. The molecule has 0 spiro atoms. The van der Waals surface area contributed by atoms with Crippen LogP contribution in [-0.4, -0.2) is 21.4 Å². The lowest BCUT2D eigenvalue weighted by Crippen LogP contribution is -2.12. The Bertz CT molecular complexity index is 643. The number of nitrogens with one attached hydrogen (secondary N) is 1. The van der Waals surface area contributed by atoms with Crippen LogP contribution in [0.25, 0.3) is 11.3 Å². The first-order valence-corrected chi connectivity index (χ1v) is 6.54. The second-order valence-corrected chi connectivity index (χ2v) is 4.62. The van der Waals surface area contributed by atoms with Crippen molar-refractivity contribution in [2.24, 2.45) is 7.05 Å². The number of anilines is 1. The highest BCUT2D eigenvalue weighted by molar-refractivity contribution is 7.80. The second-order valence-electron chi connectivity index (χ2n) is 4.18. The van der Waals surface area contributed by atoms with Gasteiger partial charge in [0.25, 0.3) is 0 Å². The van der Waals surface area contributed by atoms with E-state index in [-0.39, 0.29) is 17.9 Å². The lowest BCUT2D eigenvalue weighted by Gasteiger charge is -2.08. The number of carbonyl (C=O) groups excluding carboxylic acids is 1. The van der Waals surface area contributed by atoms with Crippen molar-refractivity contribution >= 4 is 24.2 Å². The fourth-order valence-electron chi connectivity index (χ4n) is 1.84. The predicted molar refractivity (Wildman–Crippen MR) is 75.7 cm³/mol. The molecule has 0 saturated heterocycles. The van der Waals surface area contributed by atoms with E-state index in [9.17, 15) is 13.6 Å². The molecule has 0 radical (unpaired) electrons. The minimum atomic E-state index is -0.710. The Morgan fingerprint density at radius 2 is 2.20 bits per heavy atom. The molecule has 4 nitrogen and oxygen atoms in total. The van der Waals surface area contributed by atoms with E-state index in [1.165, 1.54) is 16.9 Å². The molecule has 1 N–H and O–H groups in total. The number of thiol groups is 1. The number of amides is 1. The monoisotopic (exact) mass is 297 g/mol. The molecule has 1 aromatic heterocycles. The van der Waals surface area contributed by atoms with Gasteiger partial charge in [0.15, 0.2) is 0 Å². The Labute approximate surface area is 120 Å². The maximum Gasteiger partial charge on any atom is 0.225 e. The number of benzene rings is 1. The number of aromatic nitrogens is 2. The van der Waals surface area contributed by atoms with E-state index in [4.69, 9.17) is 0 Å². The maximum atomic E-state index is 13.9. The molecule has 0 saturated carbocycles. The van der Waals surface area contributed by atoms with E-state index in [1.54, 1.807) is 7.05 Å². The lowest BCUT2D eigenvalue weighted by molar-refractivity contribution is -0.115. The van der Waals surface area contributed by atoms with Crippen LogP contribution in [0.5, 0.6) is 0 Å². The second kappa shape index (κ2) is 6.04. The van der Waals surface area contributed by atoms with Gasteiger partial charge in [-0.2, -0.15) is 17.7 Å². The molecular formula is C13H13F2N3OS. The summed E-state index contributed by atoms with van der Waals surface area (Å²) in [7, 11) is 1.62. The number of hydrogen-bond acceptors (Lipinski definition) is 3. The Morgan fingerprint density at radius 1 is 1.45 bits per heavy atom. The fourth-order valence-corrected chi connectivity index (χ4v) is 2.05. The van der Waals surface area contributed by atoms with Crippen LogP contribution in [0.3, 0.4) is 0 Å². The molecule has 0 atom stereocenters. The van der Waals surface area contributed by atoms with Gasteiger partial charge in [0.1, 0.15) is 11.6 Å². The first-order valence-electron chi connectivity index (χ1n) is 5.91. The van der Waals surface area contributed by atoms with E-state index in [1.807, 2.05) is 0 Å². The summed E-state index contributed by atoms with van der Waals surface area (Å²) in [6.45, 7) is 0. The Hall–Kier alpha value is -1.89. The van der Waals surface area contributed by atoms with Gasteiger partial charge in [-0.25, -0.2) is 8.78 Å². The minimum Gasteiger partial charge on any atom is -0.323 e. The number of aryl methyl sites for hydroxylation is 1. The van der Waals surface area contributed by atoms with Gasteiger partial charge >= 0.3 is 0 Å². The van der Waals surface area contributed by atoms with E-state index in [2.05, 4.69) is 23.0 Å². The first-order chi connectivity index (χ1) is 9.52. The van der Waals surface area contributed by atoms with E-state index < -0.39 is 11.6 Å². The third-order valence-electron chi connectivity index (χ3n) is 2.74. The van der Waals surface area contributed by atoms with Crippen LogP contribution < -0.4 is 5.32 Å². The summed E-state index contributed by atoms with van der Waals surface area (Å²) < 4.78 is 28.2. The quantitative estimate of drug-likeness (QED) is 0.852. The summed E-state index contributed by atoms with van der Waals surface area (Å²) in [4.78, 5) is 11.6. The summed E-state index contributed by atoms with van der Waals surface area (Å²) >= 11 is 3.97. The van der Waals surface area contributed by atoms with E-state index >= 15 is 0 Å². The van der Waals surface area contributed by atoms with Gasteiger partial charge in [-0.1, -0.05) is 0 Å². The molecule has 1 amide bonds. The van der Waals surface area contributed by atoms with Crippen molar-refractivity contribution in [3.05, 3.63) is 36.0 Å². The van der Waals surface area contributed by atoms with Gasteiger partial charge < -0.3 is 5.32 Å². The molecule has 106 valence electrons. The average molecular weight is 297 g/mol. The van der Waals surface area contributed by atoms with Crippen LogP contribution in [0, 0.1) is 11.6 Å². The van der Waals surface area contributed by atoms with E-state index in [0.717, 1.165) is 12.1 Å². The van der Waals surface area contributed by atoms with Crippen molar-refractivity contribution < 1.29 is 13.6 Å². The SMILES string of the molecule is Cn1ncc(NC(=O)CCS)c1-c1ccc(F)cc1F. The van der Waals surface area contributed by atoms with Gasteiger partial charge in [-0.15, -0.1) is 0 Å².